The van der Waals surface area contributed by atoms with E-state index < -0.39 is 18.4 Å². The highest BCUT2D eigenvalue weighted by Gasteiger charge is 2.17. The first-order valence-electron chi connectivity index (χ1n) is 7.76. The summed E-state index contributed by atoms with van der Waals surface area (Å²) in [7, 11) is 1.50. The van der Waals surface area contributed by atoms with Gasteiger partial charge in [-0.05, 0) is 18.2 Å². The van der Waals surface area contributed by atoms with Gasteiger partial charge in [-0.25, -0.2) is 19.9 Å². The molecule has 0 bridgehead atoms. The lowest BCUT2D eigenvalue weighted by Gasteiger charge is -2.12. The highest BCUT2D eigenvalue weighted by molar-refractivity contribution is 6.35. The molecule has 0 fully saturated rings. The largest absolute Gasteiger partial charge is 0.493 e. The maximum Gasteiger partial charge on any atom is 0.202 e. The zero-order valence-electron chi connectivity index (χ0n) is 14.7. The van der Waals surface area contributed by atoms with Crippen LogP contribution in [0.4, 0.5) is 0 Å². The molecule has 0 aliphatic heterocycles. The molecule has 0 radical (unpaired) electrons. The molecular weight excluding hydrogens is 339 g/mol. The van der Waals surface area contributed by atoms with Crippen LogP contribution in [0.2, 0.25) is 10.3 Å². The number of hydrogen-bond donors (Lipinski definition) is 0. The lowest BCUT2D eigenvalue weighted by molar-refractivity contribution is 0.378. The first-order chi connectivity index (χ1) is 12.4. The molecule has 0 aliphatic carbocycles. The van der Waals surface area contributed by atoms with E-state index in [2.05, 4.69) is 19.9 Å². The van der Waals surface area contributed by atoms with Gasteiger partial charge in [-0.2, -0.15) is 0 Å². The van der Waals surface area contributed by atoms with Crippen molar-refractivity contribution in [3.63, 3.8) is 0 Å². The molecule has 6 nitrogen and oxygen atoms in total. The van der Waals surface area contributed by atoms with Crippen molar-refractivity contribution in [2.75, 3.05) is 7.11 Å². The highest BCUT2D eigenvalue weighted by Crippen LogP contribution is 2.38. The minimum absolute atomic E-state index is 0.0101. The van der Waals surface area contributed by atoms with Crippen LogP contribution in [-0.2, 0) is 0 Å². The Balaban J connectivity index is 2.02. The van der Waals surface area contributed by atoms with Crippen LogP contribution in [0.5, 0.6) is 17.2 Å². The summed E-state index contributed by atoms with van der Waals surface area (Å²) in [5.41, 5.74) is 0. The van der Waals surface area contributed by atoms with Gasteiger partial charge in [0.25, 0.3) is 0 Å². The molecule has 2 aromatic heterocycles. The molecule has 0 atom stereocenters. The second kappa shape index (κ2) is 6.76. The lowest BCUT2D eigenvalue weighted by atomic mass is 10.3. The van der Waals surface area contributed by atoms with Gasteiger partial charge in [-0.1, -0.05) is 35.3 Å². The zero-order chi connectivity index (χ0) is 18.8. The Morgan fingerprint density at radius 1 is 0.957 bits per heavy atom. The van der Waals surface area contributed by atoms with Crippen molar-refractivity contribution in [3.05, 3.63) is 53.0 Å². The number of rotatable bonds is 4. The molecular formula is C15H10Cl2N4O2. The number of benzene rings is 1. The average molecular weight is 352 g/mol. The summed E-state index contributed by atoms with van der Waals surface area (Å²) in [5.74, 6) is 0.622. The van der Waals surface area contributed by atoms with E-state index in [9.17, 15) is 0 Å². The summed E-state index contributed by atoms with van der Waals surface area (Å²) in [6.07, 6.45) is -0.851. The van der Waals surface area contributed by atoms with Gasteiger partial charge in [0.05, 0.1) is 11.2 Å². The van der Waals surface area contributed by atoms with Gasteiger partial charge in [0.1, 0.15) is 0 Å². The van der Waals surface area contributed by atoms with Crippen molar-refractivity contribution in [2.45, 2.75) is 0 Å². The molecule has 116 valence electrons. The van der Waals surface area contributed by atoms with E-state index in [1.165, 1.54) is 7.11 Å². The number of para-hydroxylation sites is 2. The summed E-state index contributed by atoms with van der Waals surface area (Å²) in [5, 5.41) is -0.218. The van der Waals surface area contributed by atoms with Crippen molar-refractivity contribution < 1.29 is 13.6 Å². The number of nitrogens with zero attached hydrogens (tertiary/aromatic N) is 4. The van der Waals surface area contributed by atoms with Crippen LogP contribution >= 0.6 is 23.2 Å². The molecule has 8 heteroatoms. The van der Waals surface area contributed by atoms with Crippen molar-refractivity contribution in [1.29, 1.82) is 0 Å². The third-order valence-corrected chi connectivity index (χ3v) is 3.21. The summed E-state index contributed by atoms with van der Waals surface area (Å²) < 4.78 is 33.5. The van der Waals surface area contributed by atoms with Crippen molar-refractivity contribution in [3.8, 4) is 28.9 Å². The first kappa shape index (κ1) is 12.0. The smallest absolute Gasteiger partial charge is 0.202 e. The fourth-order valence-corrected chi connectivity index (χ4v) is 2.17. The summed E-state index contributed by atoms with van der Waals surface area (Å²) in [4.78, 5) is 15.6. The second-order valence-electron chi connectivity index (χ2n) is 4.11. The van der Waals surface area contributed by atoms with E-state index >= 15 is 0 Å². The van der Waals surface area contributed by atoms with Crippen LogP contribution in [0, 0.1) is 0 Å². The Hall–Kier alpha value is -2.44. The maximum atomic E-state index is 7.57. The van der Waals surface area contributed by atoms with E-state index in [-0.39, 0.29) is 27.7 Å². The van der Waals surface area contributed by atoms with Crippen LogP contribution in [0.15, 0.2) is 42.7 Å². The average Bonchev–Trinajstić information content (AvgIpc) is 2.62. The van der Waals surface area contributed by atoms with Gasteiger partial charge in [0.2, 0.25) is 11.6 Å². The molecule has 2 heterocycles. The molecule has 0 aliphatic rings. The normalized spacial score (nSPS) is 12.2. The van der Waals surface area contributed by atoms with Gasteiger partial charge < -0.3 is 9.47 Å². The number of hydrogen-bond acceptors (Lipinski definition) is 6. The SMILES string of the molecule is [2H]c1nc(-c2nc(Cl)c(Oc3ccccc3OC)c(Cl)n2)nc([2H])c1[2H]. The zero-order valence-corrected chi connectivity index (χ0v) is 13.2. The van der Waals surface area contributed by atoms with Crippen molar-refractivity contribution >= 4 is 23.2 Å². The van der Waals surface area contributed by atoms with Crippen LogP contribution in [0.25, 0.3) is 11.6 Å². The Bertz CT molecular complexity index is 945. The van der Waals surface area contributed by atoms with Gasteiger partial charge in [0, 0.05) is 12.3 Å². The molecule has 0 saturated carbocycles. The minimum Gasteiger partial charge on any atom is -0.493 e. The number of methoxy groups -OCH3 is 1. The van der Waals surface area contributed by atoms with E-state index in [0.717, 1.165) is 0 Å². The number of ether oxygens (including phenoxy) is 2. The van der Waals surface area contributed by atoms with E-state index in [4.69, 9.17) is 36.8 Å². The predicted octanol–water partition coefficient (Wildman–Crippen LogP) is 4.04. The van der Waals surface area contributed by atoms with Gasteiger partial charge in [-0.15, -0.1) is 0 Å². The molecule has 3 aromatic rings. The van der Waals surface area contributed by atoms with E-state index in [1.54, 1.807) is 24.3 Å². The molecule has 0 saturated heterocycles. The Kier molecular flexibility index (Phi) is 3.54. The highest BCUT2D eigenvalue weighted by atomic mass is 35.5. The van der Waals surface area contributed by atoms with Crippen LogP contribution < -0.4 is 9.47 Å². The van der Waals surface area contributed by atoms with Crippen LogP contribution in [0.1, 0.15) is 4.11 Å². The Labute approximate surface area is 146 Å². The van der Waals surface area contributed by atoms with Crippen LogP contribution in [-0.4, -0.2) is 27.0 Å². The summed E-state index contributed by atoms with van der Waals surface area (Å²) in [6, 6.07) is 6.49. The third kappa shape index (κ3) is 3.33. The molecule has 0 unspecified atom stereocenters. The number of aromatic nitrogens is 4. The lowest BCUT2D eigenvalue weighted by Crippen LogP contribution is -1.99. The second-order valence-corrected chi connectivity index (χ2v) is 4.82. The Morgan fingerprint density at radius 3 is 2.17 bits per heavy atom. The standard InChI is InChI=1S/C15H10Cl2N4O2/c1-22-9-5-2-3-6-10(9)23-11-12(16)20-15(21-13(11)17)14-18-7-4-8-19-14/h2-8H,1H3/i4D,7D,8D. The fourth-order valence-electron chi connectivity index (χ4n) is 1.71. The molecule has 3 rings (SSSR count). The van der Waals surface area contributed by atoms with E-state index in [1.807, 2.05) is 0 Å². The van der Waals surface area contributed by atoms with Gasteiger partial charge in [-0.3, -0.25) is 0 Å². The van der Waals surface area contributed by atoms with Crippen LogP contribution in [0.3, 0.4) is 0 Å². The maximum absolute atomic E-state index is 7.57. The van der Waals surface area contributed by atoms with Gasteiger partial charge >= 0.3 is 0 Å². The molecule has 0 N–H and O–H groups in total. The quantitative estimate of drug-likeness (QED) is 0.660. The predicted molar refractivity (Wildman–Crippen MR) is 86.1 cm³/mol. The van der Waals surface area contributed by atoms with E-state index in [0.29, 0.717) is 11.5 Å². The Morgan fingerprint density at radius 2 is 1.57 bits per heavy atom. The summed E-state index contributed by atoms with van der Waals surface area (Å²) >= 11 is 12.3. The fraction of sp³-hybridized carbons (Fsp3) is 0.0667. The number of halogens is 2. The molecule has 23 heavy (non-hydrogen) atoms. The minimum atomic E-state index is -0.426. The van der Waals surface area contributed by atoms with Gasteiger partial charge in [0.15, 0.2) is 27.6 Å². The molecule has 0 amide bonds. The summed E-state index contributed by atoms with van der Waals surface area (Å²) in [6.45, 7) is 0. The third-order valence-electron chi connectivity index (χ3n) is 2.70. The topological polar surface area (TPSA) is 70.0 Å². The first-order valence-corrected chi connectivity index (χ1v) is 7.02. The molecule has 0 spiro atoms. The molecule has 1 aromatic carbocycles. The van der Waals surface area contributed by atoms with Crippen molar-refractivity contribution in [2.24, 2.45) is 0 Å². The monoisotopic (exact) mass is 351 g/mol. The van der Waals surface area contributed by atoms with Crippen molar-refractivity contribution in [1.82, 2.24) is 19.9 Å².